The summed E-state index contributed by atoms with van der Waals surface area (Å²) < 4.78 is 42.4. The second-order valence-corrected chi connectivity index (χ2v) is 10.3. The van der Waals surface area contributed by atoms with Crippen molar-refractivity contribution in [3.05, 3.63) is 71.0 Å². The van der Waals surface area contributed by atoms with E-state index in [2.05, 4.69) is 5.32 Å². The lowest BCUT2D eigenvalue weighted by Gasteiger charge is -2.15. The summed E-state index contributed by atoms with van der Waals surface area (Å²) in [5.41, 5.74) is 1.31. The summed E-state index contributed by atoms with van der Waals surface area (Å²) >= 11 is 6.25. The van der Waals surface area contributed by atoms with Crippen molar-refractivity contribution >= 4 is 49.9 Å². The van der Waals surface area contributed by atoms with Crippen LogP contribution in [0.2, 0.25) is 5.02 Å². The number of amides is 1. The number of halogens is 2. The molecule has 0 bridgehead atoms. The van der Waals surface area contributed by atoms with E-state index in [0.29, 0.717) is 18.5 Å². The Hall–Kier alpha value is -2.75. The predicted molar refractivity (Wildman–Crippen MR) is 125 cm³/mol. The minimum atomic E-state index is -3.73. The molecule has 2 heterocycles. The first-order chi connectivity index (χ1) is 15.7. The third-order valence-corrected chi connectivity index (χ3v) is 7.68. The molecule has 4 rings (SSSR count). The number of para-hydroxylation sites is 1. The SMILES string of the molecule is Cn1cc(C(=O)Nc2cc(F)c(CC(=O)CS(=O)(=O)N3C[CH]CC3)cc2Cl)c2ccccc21. The number of aryl methyl sites for hydroxylation is 1. The van der Waals surface area contributed by atoms with Crippen LogP contribution < -0.4 is 5.32 Å². The van der Waals surface area contributed by atoms with Gasteiger partial charge in [0.15, 0.2) is 5.78 Å². The highest BCUT2D eigenvalue weighted by Crippen LogP contribution is 2.28. The molecule has 1 saturated heterocycles. The standard InChI is InChI=1S/C23H22ClFN3O4S/c1-27-13-18(17-6-2-3-7-22(17)27)23(30)26-21-12-20(25)15(11-19(21)24)10-16(29)14-33(31,32)28-8-4-5-9-28/h2-4,6-7,11-13H,5,8-10,14H2,1H3,(H,26,30). The number of hydrogen-bond donors (Lipinski definition) is 1. The van der Waals surface area contributed by atoms with Gasteiger partial charge in [0.25, 0.3) is 5.91 Å². The van der Waals surface area contributed by atoms with E-state index >= 15 is 0 Å². The van der Waals surface area contributed by atoms with Crippen molar-refractivity contribution in [2.45, 2.75) is 12.8 Å². The van der Waals surface area contributed by atoms with Crippen LogP contribution in [0.5, 0.6) is 0 Å². The van der Waals surface area contributed by atoms with Gasteiger partial charge in [0.2, 0.25) is 10.0 Å². The summed E-state index contributed by atoms with van der Waals surface area (Å²) in [7, 11) is -1.92. The molecule has 33 heavy (non-hydrogen) atoms. The minimum absolute atomic E-state index is 0.0312. The second-order valence-electron chi connectivity index (χ2n) is 7.96. The fourth-order valence-electron chi connectivity index (χ4n) is 3.90. The van der Waals surface area contributed by atoms with E-state index in [-0.39, 0.29) is 22.8 Å². The van der Waals surface area contributed by atoms with E-state index in [4.69, 9.17) is 11.6 Å². The molecular weight excluding hydrogens is 469 g/mol. The maximum Gasteiger partial charge on any atom is 0.257 e. The Morgan fingerprint density at radius 3 is 2.70 bits per heavy atom. The molecular formula is C23H22ClFN3O4S. The zero-order valence-corrected chi connectivity index (χ0v) is 19.4. The van der Waals surface area contributed by atoms with Crippen molar-refractivity contribution in [1.82, 2.24) is 8.87 Å². The average molecular weight is 491 g/mol. The normalized spacial score (nSPS) is 14.6. The Bertz CT molecular complexity index is 1350. The zero-order valence-electron chi connectivity index (χ0n) is 17.8. The lowest BCUT2D eigenvalue weighted by atomic mass is 10.1. The van der Waals surface area contributed by atoms with Crippen LogP contribution in [0.1, 0.15) is 22.3 Å². The monoisotopic (exact) mass is 490 g/mol. The van der Waals surface area contributed by atoms with Crippen molar-refractivity contribution in [3.8, 4) is 0 Å². The lowest BCUT2D eigenvalue weighted by Crippen LogP contribution is -2.33. The van der Waals surface area contributed by atoms with Crippen LogP contribution in [0, 0.1) is 12.2 Å². The molecule has 1 aliphatic heterocycles. The maximum atomic E-state index is 14.7. The lowest BCUT2D eigenvalue weighted by molar-refractivity contribution is -0.116. The second kappa shape index (κ2) is 9.24. The topological polar surface area (TPSA) is 88.5 Å². The van der Waals surface area contributed by atoms with Crippen LogP contribution in [0.25, 0.3) is 10.9 Å². The first kappa shape index (κ1) is 23.4. The number of aromatic nitrogens is 1. The number of Topliss-reactive ketones (excluding diaryl/α,β-unsaturated/α-hetero) is 1. The fraction of sp³-hybridized carbons (Fsp3) is 0.261. The van der Waals surface area contributed by atoms with E-state index < -0.39 is 39.7 Å². The van der Waals surface area contributed by atoms with Crippen molar-refractivity contribution in [1.29, 1.82) is 0 Å². The van der Waals surface area contributed by atoms with Crippen LogP contribution in [0.15, 0.2) is 42.6 Å². The van der Waals surface area contributed by atoms with E-state index in [1.165, 1.54) is 10.4 Å². The number of carbonyl (C=O) groups excluding carboxylic acids is 2. The van der Waals surface area contributed by atoms with Crippen LogP contribution in [0.3, 0.4) is 0 Å². The number of carbonyl (C=O) groups is 2. The Morgan fingerprint density at radius 1 is 1.21 bits per heavy atom. The Balaban J connectivity index is 1.49. The van der Waals surface area contributed by atoms with Gasteiger partial charge in [0, 0.05) is 43.7 Å². The fourth-order valence-corrected chi connectivity index (χ4v) is 5.55. The van der Waals surface area contributed by atoms with E-state index in [0.717, 1.165) is 17.0 Å². The van der Waals surface area contributed by atoms with Gasteiger partial charge in [0.05, 0.1) is 16.3 Å². The molecule has 0 spiro atoms. The third kappa shape index (κ3) is 4.95. The molecule has 1 fully saturated rings. The summed E-state index contributed by atoms with van der Waals surface area (Å²) in [6.45, 7) is 0.627. The molecule has 1 amide bonds. The van der Waals surface area contributed by atoms with E-state index in [1.807, 2.05) is 42.3 Å². The number of ketones is 1. The maximum absolute atomic E-state index is 14.7. The first-order valence-electron chi connectivity index (χ1n) is 10.3. The zero-order chi connectivity index (χ0) is 23.8. The Morgan fingerprint density at radius 2 is 1.97 bits per heavy atom. The van der Waals surface area contributed by atoms with Crippen molar-refractivity contribution in [3.63, 3.8) is 0 Å². The van der Waals surface area contributed by atoms with Gasteiger partial charge in [-0.25, -0.2) is 17.1 Å². The molecule has 1 radical (unpaired) electrons. The summed E-state index contributed by atoms with van der Waals surface area (Å²) in [4.78, 5) is 25.1. The van der Waals surface area contributed by atoms with Crippen LogP contribution in [0.4, 0.5) is 10.1 Å². The van der Waals surface area contributed by atoms with Crippen LogP contribution in [-0.4, -0.2) is 47.8 Å². The third-order valence-electron chi connectivity index (χ3n) is 5.57. The molecule has 1 N–H and O–H groups in total. The number of nitrogens with zero attached hydrogens (tertiary/aromatic N) is 2. The number of rotatable bonds is 7. The van der Waals surface area contributed by atoms with Crippen LogP contribution >= 0.6 is 11.6 Å². The predicted octanol–water partition coefficient (Wildman–Crippen LogP) is 3.57. The number of fused-ring (bicyclic) bond motifs is 1. The highest BCUT2D eigenvalue weighted by atomic mass is 35.5. The van der Waals surface area contributed by atoms with Gasteiger partial charge in [-0.1, -0.05) is 29.8 Å². The summed E-state index contributed by atoms with van der Waals surface area (Å²) in [5.74, 6) is -2.54. The highest BCUT2D eigenvalue weighted by molar-refractivity contribution is 7.89. The van der Waals surface area contributed by atoms with Gasteiger partial charge >= 0.3 is 0 Å². The molecule has 1 aliphatic rings. The van der Waals surface area contributed by atoms with Crippen LogP contribution in [-0.2, 0) is 28.3 Å². The summed E-state index contributed by atoms with van der Waals surface area (Å²) in [6.07, 6.45) is 3.73. The smallest absolute Gasteiger partial charge is 0.257 e. The molecule has 0 aliphatic carbocycles. The van der Waals surface area contributed by atoms with Crippen molar-refractivity contribution in [2.75, 3.05) is 24.2 Å². The Kier molecular flexibility index (Phi) is 6.56. The largest absolute Gasteiger partial charge is 0.350 e. The molecule has 1 aromatic heterocycles. The molecule has 7 nitrogen and oxygen atoms in total. The van der Waals surface area contributed by atoms with Gasteiger partial charge < -0.3 is 9.88 Å². The Labute approximate surface area is 196 Å². The van der Waals surface area contributed by atoms with Gasteiger partial charge in [-0.05, 0) is 36.6 Å². The summed E-state index contributed by atoms with van der Waals surface area (Å²) in [6, 6.07) is 9.66. The van der Waals surface area contributed by atoms with E-state index in [1.54, 1.807) is 6.20 Å². The minimum Gasteiger partial charge on any atom is -0.350 e. The highest BCUT2D eigenvalue weighted by Gasteiger charge is 2.28. The molecule has 2 aromatic carbocycles. The van der Waals surface area contributed by atoms with Gasteiger partial charge in [-0.3, -0.25) is 9.59 Å². The van der Waals surface area contributed by atoms with Gasteiger partial charge in [0.1, 0.15) is 11.6 Å². The molecule has 0 unspecified atom stereocenters. The average Bonchev–Trinajstić information content (AvgIpc) is 3.41. The molecule has 3 aromatic rings. The molecule has 10 heteroatoms. The van der Waals surface area contributed by atoms with Crippen molar-refractivity contribution in [2.24, 2.45) is 7.05 Å². The van der Waals surface area contributed by atoms with Crippen molar-refractivity contribution < 1.29 is 22.4 Å². The van der Waals surface area contributed by atoms with Gasteiger partial charge in [-0.2, -0.15) is 0 Å². The molecule has 0 atom stereocenters. The van der Waals surface area contributed by atoms with E-state index in [9.17, 15) is 22.4 Å². The number of sulfonamides is 1. The quantitative estimate of drug-likeness (QED) is 0.548. The number of anilines is 1. The number of benzene rings is 2. The first-order valence-corrected chi connectivity index (χ1v) is 12.3. The summed E-state index contributed by atoms with van der Waals surface area (Å²) in [5, 5.41) is 3.40. The van der Waals surface area contributed by atoms with Gasteiger partial charge in [-0.15, -0.1) is 0 Å². The number of nitrogens with one attached hydrogen (secondary N) is 1. The molecule has 0 saturated carbocycles. The number of hydrogen-bond acceptors (Lipinski definition) is 4. The molecule has 173 valence electrons.